The average Bonchev–Trinajstić information content (AvgIpc) is 2.70. The smallest absolute Gasteiger partial charge is 0.280 e. The summed E-state index contributed by atoms with van der Waals surface area (Å²) in [5.74, 6) is -0.388. The molecule has 0 unspecified atom stereocenters. The van der Waals surface area contributed by atoms with Crippen LogP contribution in [0.25, 0.3) is 22.4 Å². The molecule has 0 bridgehead atoms. The van der Waals surface area contributed by atoms with Gasteiger partial charge in [-0.3, -0.25) is 9.59 Å². The first-order chi connectivity index (χ1) is 13.5. The van der Waals surface area contributed by atoms with Crippen LogP contribution in [0.4, 0.5) is 0 Å². The van der Waals surface area contributed by atoms with E-state index < -0.39 is 5.56 Å². The fourth-order valence-electron chi connectivity index (χ4n) is 3.01. The number of benzene rings is 2. The van der Waals surface area contributed by atoms with Crippen molar-refractivity contribution < 1.29 is 4.79 Å². The number of nitrogens with one attached hydrogen (secondary N) is 1. The Morgan fingerprint density at radius 1 is 1.00 bits per heavy atom. The monoisotopic (exact) mass is 376 g/mol. The number of carbonyl (C=O) groups excluding carboxylic acids is 1. The molecule has 2 aromatic carbocycles. The number of aromatic nitrogens is 2. The van der Waals surface area contributed by atoms with Crippen molar-refractivity contribution in [2.24, 2.45) is 7.05 Å². The van der Waals surface area contributed by atoms with Gasteiger partial charge in [-0.1, -0.05) is 60.7 Å². The predicted octanol–water partition coefficient (Wildman–Crippen LogP) is 2.41. The van der Waals surface area contributed by atoms with Gasteiger partial charge in [-0.05, 0) is 19.7 Å². The third-order valence-corrected chi connectivity index (χ3v) is 4.43. The molecule has 0 fully saturated rings. The minimum atomic E-state index is -0.416. The van der Waals surface area contributed by atoms with Gasteiger partial charge in [0, 0.05) is 31.3 Å². The minimum absolute atomic E-state index is 0.112. The lowest BCUT2D eigenvalue weighted by Crippen LogP contribution is -2.37. The van der Waals surface area contributed by atoms with E-state index in [-0.39, 0.29) is 11.5 Å². The van der Waals surface area contributed by atoms with E-state index in [1.54, 1.807) is 7.05 Å². The van der Waals surface area contributed by atoms with Crippen LogP contribution >= 0.6 is 0 Å². The van der Waals surface area contributed by atoms with E-state index in [1.807, 2.05) is 79.7 Å². The Morgan fingerprint density at radius 2 is 1.57 bits per heavy atom. The molecular weight excluding hydrogens is 352 g/mol. The summed E-state index contributed by atoms with van der Waals surface area (Å²) in [6.07, 6.45) is 0. The fourth-order valence-corrected chi connectivity index (χ4v) is 3.01. The molecule has 1 heterocycles. The van der Waals surface area contributed by atoms with Gasteiger partial charge >= 0.3 is 0 Å². The molecule has 0 radical (unpaired) electrons. The van der Waals surface area contributed by atoms with Gasteiger partial charge < -0.3 is 10.2 Å². The van der Waals surface area contributed by atoms with Crippen LogP contribution in [0.3, 0.4) is 0 Å². The molecule has 6 nitrogen and oxygen atoms in total. The van der Waals surface area contributed by atoms with Crippen molar-refractivity contribution >= 4 is 5.91 Å². The van der Waals surface area contributed by atoms with Crippen LogP contribution in [-0.2, 0) is 7.05 Å². The lowest BCUT2D eigenvalue weighted by atomic mass is 9.95. The van der Waals surface area contributed by atoms with Gasteiger partial charge in [-0.2, -0.15) is 5.10 Å². The van der Waals surface area contributed by atoms with E-state index in [9.17, 15) is 9.59 Å². The van der Waals surface area contributed by atoms with Crippen LogP contribution in [0.2, 0.25) is 0 Å². The van der Waals surface area contributed by atoms with E-state index in [4.69, 9.17) is 0 Å². The molecule has 0 aliphatic rings. The summed E-state index contributed by atoms with van der Waals surface area (Å²) in [5, 5.41) is 7.35. The molecule has 0 atom stereocenters. The maximum atomic E-state index is 13.0. The van der Waals surface area contributed by atoms with Gasteiger partial charge in [-0.15, -0.1) is 0 Å². The van der Waals surface area contributed by atoms with Crippen molar-refractivity contribution in [3.05, 3.63) is 76.6 Å². The molecule has 3 rings (SSSR count). The lowest BCUT2D eigenvalue weighted by molar-refractivity contribution is 0.0949. The molecule has 0 aliphatic heterocycles. The summed E-state index contributed by atoms with van der Waals surface area (Å²) >= 11 is 0. The summed E-state index contributed by atoms with van der Waals surface area (Å²) in [4.78, 5) is 27.9. The number of rotatable bonds is 6. The number of nitrogens with zero attached hydrogens (tertiary/aromatic N) is 3. The Balaban J connectivity index is 2.21. The van der Waals surface area contributed by atoms with Gasteiger partial charge in [0.1, 0.15) is 5.56 Å². The molecule has 144 valence electrons. The summed E-state index contributed by atoms with van der Waals surface area (Å²) in [6.45, 7) is 1.13. The van der Waals surface area contributed by atoms with E-state index >= 15 is 0 Å². The number of hydrogen-bond acceptors (Lipinski definition) is 4. The third kappa shape index (κ3) is 4.18. The summed E-state index contributed by atoms with van der Waals surface area (Å²) in [5.41, 5.74) is 2.48. The van der Waals surface area contributed by atoms with Crippen molar-refractivity contribution in [1.29, 1.82) is 0 Å². The Kier molecular flexibility index (Phi) is 6.01. The van der Waals surface area contributed by atoms with Gasteiger partial charge in [0.25, 0.3) is 11.5 Å². The maximum Gasteiger partial charge on any atom is 0.280 e. The highest BCUT2D eigenvalue weighted by molar-refractivity contribution is 6.03. The molecular formula is C22H24N4O2. The van der Waals surface area contributed by atoms with Gasteiger partial charge in [0.15, 0.2) is 0 Å². The van der Waals surface area contributed by atoms with E-state index in [0.29, 0.717) is 24.3 Å². The molecule has 6 heteroatoms. The molecule has 0 saturated carbocycles. The molecule has 1 aromatic heterocycles. The summed E-state index contributed by atoms with van der Waals surface area (Å²) in [6, 6.07) is 19.0. The Labute approximate surface area is 164 Å². The Hall–Kier alpha value is -3.25. The van der Waals surface area contributed by atoms with Crippen LogP contribution in [0.15, 0.2) is 65.5 Å². The van der Waals surface area contributed by atoms with Crippen molar-refractivity contribution in [3.8, 4) is 22.4 Å². The van der Waals surface area contributed by atoms with Crippen LogP contribution in [0.5, 0.6) is 0 Å². The largest absolute Gasteiger partial charge is 0.351 e. The zero-order valence-corrected chi connectivity index (χ0v) is 16.3. The number of amides is 1. The standard InChI is InChI=1S/C22H24N4O2/c1-25(2)15-14-23-21(27)19-18(16-10-6-4-7-11-16)20(24-26(3)22(19)28)17-12-8-5-9-13-17/h4-13H,14-15H2,1-3H3,(H,23,27). The van der Waals surface area contributed by atoms with Crippen LogP contribution in [0, 0.1) is 0 Å². The normalized spacial score (nSPS) is 10.9. The highest BCUT2D eigenvalue weighted by Crippen LogP contribution is 2.31. The first-order valence-corrected chi connectivity index (χ1v) is 9.14. The zero-order valence-electron chi connectivity index (χ0n) is 16.3. The molecule has 0 spiro atoms. The van der Waals surface area contributed by atoms with E-state index in [1.165, 1.54) is 4.68 Å². The highest BCUT2D eigenvalue weighted by atomic mass is 16.2. The van der Waals surface area contributed by atoms with Crippen molar-refractivity contribution in [1.82, 2.24) is 20.0 Å². The fraction of sp³-hybridized carbons (Fsp3) is 0.227. The topological polar surface area (TPSA) is 67.2 Å². The van der Waals surface area contributed by atoms with Crippen molar-refractivity contribution in [3.63, 3.8) is 0 Å². The Bertz CT molecular complexity index is 1010. The SMILES string of the molecule is CN(C)CCNC(=O)c1c(-c2ccccc2)c(-c2ccccc2)nn(C)c1=O. The first-order valence-electron chi connectivity index (χ1n) is 9.14. The minimum Gasteiger partial charge on any atom is -0.351 e. The van der Waals surface area contributed by atoms with E-state index in [0.717, 1.165) is 11.1 Å². The van der Waals surface area contributed by atoms with Gasteiger partial charge in [0.05, 0.1) is 5.69 Å². The van der Waals surface area contributed by atoms with Crippen molar-refractivity contribution in [2.75, 3.05) is 27.2 Å². The second-order valence-corrected chi connectivity index (χ2v) is 6.82. The van der Waals surface area contributed by atoms with Gasteiger partial charge in [-0.25, -0.2) is 4.68 Å². The van der Waals surface area contributed by atoms with Gasteiger partial charge in [0.2, 0.25) is 0 Å². The first kappa shape index (κ1) is 19.5. The zero-order chi connectivity index (χ0) is 20.1. The second kappa shape index (κ2) is 8.63. The van der Waals surface area contributed by atoms with Crippen LogP contribution in [-0.4, -0.2) is 47.8 Å². The molecule has 28 heavy (non-hydrogen) atoms. The van der Waals surface area contributed by atoms with Crippen LogP contribution in [0.1, 0.15) is 10.4 Å². The predicted molar refractivity (Wildman–Crippen MR) is 111 cm³/mol. The average molecular weight is 376 g/mol. The Morgan fingerprint density at radius 3 is 2.14 bits per heavy atom. The second-order valence-electron chi connectivity index (χ2n) is 6.82. The number of likely N-dealkylation sites (N-methyl/N-ethyl adjacent to an activating group) is 1. The third-order valence-electron chi connectivity index (χ3n) is 4.43. The highest BCUT2D eigenvalue weighted by Gasteiger charge is 2.24. The number of aryl methyl sites for hydroxylation is 1. The number of carbonyl (C=O) groups is 1. The summed E-state index contributed by atoms with van der Waals surface area (Å²) < 4.78 is 1.23. The summed E-state index contributed by atoms with van der Waals surface area (Å²) in [7, 11) is 5.43. The molecule has 0 aliphatic carbocycles. The van der Waals surface area contributed by atoms with Crippen molar-refractivity contribution in [2.45, 2.75) is 0 Å². The molecule has 3 aromatic rings. The molecule has 1 amide bonds. The van der Waals surface area contributed by atoms with Crippen LogP contribution < -0.4 is 10.9 Å². The molecule has 1 N–H and O–H groups in total. The number of hydrogen-bond donors (Lipinski definition) is 1. The molecule has 0 saturated heterocycles. The van der Waals surface area contributed by atoms with E-state index in [2.05, 4.69) is 10.4 Å². The quantitative estimate of drug-likeness (QED) is 0.717. The maximum absolute atomic E-state index is 13.0. The lowest BCUT2D eigenvalue weighted by Gasteiger charge is -2.16.